The highest BCUT2D eigenvalue weighted by molar-refractivity contribution is 5.81. The molecule has 0 saturated carbocycles. The molecule has 2 rings (SSSR count). The van der Waals surface area contributed by atoms with Crippen LogP contribution < -0.4 is 0 Å². The number of rotatable bonds is 7. The highest BCUT2D eigenvalue weighted by atomic mass is 16.7. The zero-order valence-electron chi connectivity index (χ0n) is 16.1. The fraction of sp³-hybridized carbons (Fsp3) is 0.842. The summed E-state index contributed by atoms with van der Waals surface area (Å²) in [6, 6.07) is 0. The van der Waals surface area contributed by atoms with Gasteiger partial charge in [-0.3, -0.25) is 9.59 Å². The monoisotopic (exact) mass is 367 g/mol. The Morgan fingerprint density at radius 1 is 0.923 bits per heavy atom. The topological polar surface area (TPSA) is 70.2 Å². The van der Waals surface area contributed by atoms with Gasteiger partial charge in [-0.05, 0) is 32.1 Å². The van der Waals surface area contributed by atoms with Gasteiger partial charge in [-0.2, -0.15) is 5.06 Å². The molecule has 0 atom stereocenters. The van der Waals surface area contributed by atoms with Crippen LogP contribution in [0.15, 0.2) is 0 Å². The van der Waals surface area contributed by atoms with Gasteiger partial charge in [0.05, 0.1) is 6.54 Å². The van der Waals surface area contributed by atoms with E-state index in [9.17, 15) is 14.4 Å². The van der Waals surface area contributed by atoms with Crippen molar-refractivity contribution in [2.75, 3.05) is 19.6 Å². The first kappa shape index (κ1) is 20.5. The van der Waals surface area contributed by atoms with Crippen molar-refractivity contribution < 1.29 is 19.2 Å². The number of hydrazine groups is 1. The molecule has 26 heavy (non-hydrogen) atoms. The van der Waals surface area contributed by atoms with Gasteiger partial charge in [-0.25, -0.2) is 14.8 Å². The number of hydroxylamine groups is 2. The van der Waals surface area contributed by atoms with E-state index >= 15 is 0 Å². The maximum Gasteiger partial charge on any atom is 0.453 e. The molecule has 7 heteroatoms. The predicted molar refractivity (Wildman–Crippen MR) is 97.7 cm³/mol. The van der Waals surface area contributed by atoms with Crippen LogP contribution in [-0.4, -0.2) is 52.6 Å². The second kappa shape index (κ2) is 11.0. The predicted octanol–water partition coefficient (Wildman–Crippen LogP) is 3.64. The summed E-state index contributed by atoms with van der Waals surface area (Å²) in [6.45, 7) is 3.56. The van der Waals surface area contributed by atoms with Crippen LogP contribution in [0.25, 0.3) is 0 Å². The lowest BCUT2D eigenvalue weighted by molar-refractivity contribution is -0.175. The van der Waals surface area contributed by atoms with Crippen molar-refractivity contribution in [3.63, 3.8) is 0 Å². The number of amides is 3. The molecule has 2 aliphatic rings. The smallest absolute Gasteiger partial charge is 0.317 e. The van der Waals surface area contributed by atoms with E-state index in [1.807, 2.05) is 0 Å². The average molecular weight is 367 g/mol. The summed E-state index contributed by atoms with van der Waals surface area (Å²) in [7, 11) is 0. The molecule has 0 N–H and O–H groups in total. The van der Waals surface area contributed by atoms with Crippen molar-refractivity contribution in [2.45, 2.75) is 84.0 Å². The molecular formula is C19H33N3O4. The molecule has 0 bridgehead atoms. The second-order valence-electron chi connectivity index (χ2n) is 7.18. The maximum absolute atomic E-state index is 12.8. The number of nitrogens with zero attached hydrogens (tertiary/aromatic N) is 3. The molecule has 0 radical (unpaired) electrons. The van der Waals surface area contributed by atoms with Crippen molar-refractivity contribution in [1.82, 2.24) is 15.1 Å². The molecular weight excluding hydrogens is 334 g/mol. The number of unbranched alkanes of at least 4 members (excludes halogenated alkanes) is 3. The minimum atomic E-state index is -0.605. The van der Waals surface area contributed by atoms with E-state index in [4.69, 9.17) is 4.84 Å². The molecule has 2 saturated heterocycles. The first-order chi connectivity index (χ1) is 12.6. The molecule has 148 valence electrons. The lowest BCUT2D eigenvalue weighted by Crippen LogP contribution is -2.52. The Morgan fingerprint density at radius 2 is 1.62 bits per heavy atom. The molecule has 0 aromatic carbocycles. The Hall–Kier alpha value is -1.79. The van der Waals surface area contributed by atoms with E-state index in [1.54, 1.807) is 5.01 Å². The van der Waals surface area contributed by atoms with Crippen molar-refractivity contribution in [3.8, 4) is 0 Å². The molecule has 7 nitrogen and oxygen atoms in total. The number of carbonyl (C=O) groups excluding carboxylic acids is 3. The molecule has 2 aliphatic heterocycles. The summed E-state index contributed by atoms with van der Waals surface area (Å²) in [4.78, 5) is 42.8. The second-order valence-corrected chi connectivity index (χ2v) is 7.18. The number of carbonyl (C=O) groups is 3. The van der Waals surface area contributed by atoms with E-state index in [0.717, 1.165) is 64.2 Å². The minimum Gasteiger partial charge on any atom is -0.317 e. The van der Waals surface area contributed by atoms with Crippen LogP contribution in [0.2, 0.25) is 0 Å². The van der Waals surface area contributed by atoms with Crippen molar-refractivity contribution in [1.29, 1.82) is 0 Å². The number of hydrogen-bond acceptors (Lipinski definition) is 4. The maximum atomic E-state index is 12.8. The van der Waals surface area contributed by atoms with Crippen LogP contribution in [-0.2, 0) is 14.4 Å². The Kier molecular flexibility index (Phi) is 8.71. The summed E-state index contributed by atoms with van der Waals surface area (Å²) < 4.78 is 0. The summed E-state index contributed by atoms with van der Waals surface area (Å²) >= 11 is 0. The fourth-order valence-electron chi connectivity index (χ4n) is 3.42. The van der Waals surface area contributed by atoms with Crippen LogP contribution in [0, 0.1) is 0 Å². The average Bonchev–Trinajstić information content (AvgIpc) is 2.96. The normalized spacial score (nSPS) is 19.1. The zero-order chi connectivity index (χ0) is 18.8. The third-order valence-corrected chi connectivity index (χ3v) is 4.99. The van der Waals surface area contributed by atoms with Gasteiger partial charge in [0.15, 0.2) is 0 Å². The lowest BCUT2D eigenvalue weighted by atomic mass is 10.2. The first-order valence-corrected chi connectivity index (χ1v) is 10.2. The van der Waals surface area contributed by atoms with Gasteiger partial charge in [0.2, 0.25) is 5.91 Å². The molecule has 0 aromatic heterocycles. The van der Waals surface area contributed by atoms with E-state index in [2.05, 4.69) is 6.92 Å². The van der Waals surface area contributed by atoms with Crippen molar-refractivity contribution >= 4 is 17.9 Å². The quantitative estimate of drug-likeness (QED) is 0.644. The van der Waals surface area contributed by atoms with Gasteiger partial charge >= 0.3 is 6.09 Å². The minimum absolute atomic E-state index is 0.0304. The molecule has 0 unspecified atom stereocenters. The third kappa shape index (κ3) is 6.18. The standard InChI is InChI=1S/C19H33N3O4/c1-2-3-4-9-15-21(20-14-10-5-7-12-17(20)23)19(25)26-22-16-11-6-8-13-18(22)24/h2-16H2,1H3. The van der Waals surface area contributed by atoms with Crippen LogP contribution in [0.3, 0.4) is 0 Å². The highest BCUT2D eigenvalue weighted by Gasteiger charge is 2.31. The van der Waals surface area contributed by atoms with E-state index in [1.165, 1.54) is 10.1 Å². The highest BCUT2D eigenvalue weighted by Crippen LogP contribution is 2.18. The third-order valence-electron chi connectivity index (χ3n) is 4.99. The van der Waals surface area contributed by atoms with Crippen LogP contribution >= 0.6 is 0 Å². The van der Waals surface area contributed by atoms with Crippen molar-refractivity contribution in [3.05, 3.63) is 0 Å². The summed E-state index contributed by atoms with van der Waals surface area (Å²) in [5.74, 6) is -0.180. The van der Waals surface area contributed by atoms with Crippen LogP contribution in [0.4, 0.5) is 4.79 Å². The van der Waals surface area contributed by atoms with E-state index in [0.29, 0.717) is 32.5 Å². The largest absolute Gasteiger partial charge is 0.453 e. The van der Waals surface area contributed by atoms with Crippen LogP contribution in [0.1, 0.15) is 84.0 Å². The van der Waals surface area contributed by atoms with Gasteiger partial charge in [-0.15, -0.1) is 0 Å². The van der Waals surface area contributed by atoms with E-state index < -0.39 is 6.09 Å². The van der Waals surface area contributed by atoms with Gasteiger partial charge in [0.1, 0.15) is 0 Å². The Bertz CT molecular complexity index is 483. The lowest BCUT2D eigenvalue weighted by Gasteiger charge is -2.34. The van der Waals surface area contributed by atoms with E-state index in [-0.39, 0.29) is 11.8 Å². The van der Waals surface area contributed by atoms with Crippen LogP contribution in [0.5, 0.6) is 0 Å². The van der Waals surface area contributed by atoms with Gasteiger partial charge < -0.3 is 4.84 Å². The fourth-order valence-corrected chi connectivity index (χ4v) is 3.42. The molecule has 0 aliphatic carbocycles. The van der Waals surface area contributed by atoms with Gasteiger partial charge in [0, 0.05) is 25.9 Å². The first-order valence-electron chi connectivity index (χ1n) is 10.2. The molecule has 0 aromatic rings. The Morgan fingerprint density at radius 3 is 2.35 bits per heavy atom. The summed E-state index contributed by atoms with van der Waals surface area (Å²) in [5.41, 5.74) is 0. The Balaban J connectivity index is 2.03. The number of hydrogen-bond donors (Lipinski definition) is 0. The Labute approximate surface area is 156 Å². The van der Waals surface area contributed by atoms with Gasteiger partial charge in [0.25, 0.3) is 5.91 Å². The summed E-state index contributed by atoms with van der Waals surface area (Å²) in [5, 5.41) is 4.17. The molecule has 2 fully saturated rings. The summed E-state index contributed by atoms with van der Waals surface area (Å²) in [6.07, 6.45) is 9.65. The SMILES string of the molecule is CCCCCCN(C(=O)ON1CCCCCC1=O)N1CCCCCC1=O. The zero-order valence-corrected chi connectivity index (χ0v) is 16.1. The van der Waals surface area contributed by atoms with Gasteiger partial charge in [-0.1, -0.05) is 39.0 Å². The van der Waals surface area contributed by atoms with Crippen molar-refractivity contribution in [2.24, 2.45) is 0 Å². The molecule has 0 spiro atoms. The molecule has 3 amide bonds. The molecule has 2 heterocycles.